The highest BCUT2D eigenvalue weighted by Gasteiger charge is 2.46. The third-order valence-electron chi connectivity index (χ3n) is 11.1. The molecule has 2 nitrogen and oxygen atoms in total. The molecule has 3 saturated carbocycles. The van der Waals surface area contributed by atoms with E-state index in [1.807, 2.05) is 0 Å². The van der Waals surface area contributed by atoms with Crippen molar-refractivity contribution in [3.05, 3.63) is 59.2 Å². The van der Waals surface area contributed by atoms with Crippen LogP contribution in [0, 0.1) is 52.9 Å². The molecule has 3 aliphatic rings. The van der Waals surface area contributed by atoms with Gasteiger partial charge in [0.1, 0.15) is 17.3 Å². The fourth-order valence-corrected chi connectivity index (χ4v) is 8.27. The molecule has 0 aromatic heterocycles. The van der Waals surface area contributed by atoms with E-state index < -0.39 is 59.0 Å². The fraction of sp³-hybridized carbons (Fsp3) is 0.676. The van der Waals surface area contributed by atoms with E-state index in [9.17, 15) is 22.0 Å². The summed E-state index contributed by atoms with van der Waals surface area (Å²) in [6, 6.07) is 4.33. The maximum Gasteiger partial charge on any atom is 0.400 e. The molecule has 2 aromatic rings. The minimum Gasteiger partial charge on any atom is -0.432 e. The molecule has 3 aliphatic carbocycles. The monoisotopic (exact) mass is 674 g/mol. The van der Waals surface area contributed by atoms with Gasteiger partial charge in [-0.25, -0.2) is 17.6 Å². The lowest BCUT2D eigenvalue weighted by molar-refractivity contribution is -0.224. The molecule has 0 bridgehead atoms. The second kappa shape index (κ2) is 15.4. The average molecular weight is 675 g/mol. The van der Waals surface area contributed by atoms with Gasteiger partial charge in [-0.05, 0) is 99.5 Å². The molecule has 0 unspecified atom stereocenters. The Hall–Kier alpha value is -2.52. The molecule has 262 valence electrons. The summed E-state index contributed by atoms with van der Waals surface area (Å²) in [5, 5.41) is 0. The van der Waals surface area contributed by atoms with Gasteiger partial charge in [0.15, 0.2) is 17.5 Å². The standard InChI is InChI=1S/C37H46F8O2/c1-2-3-4-5-23-6-8-24(9-7-23)25-10-14-27(15-11-25)36(42,43)46-29-18-19-31(32(38)20-29)26-12-16-28(17-13-26)37(44,45)47-30-21-33(39)35(41)34(40)22-30/h18-28H,2-17H2,1H3. The second-order valence-electron chi connectivity index (χ2n) is 14.1. The van der Waals surface area contributed by atoms with Crippen LogP contribution < -0.4 is 9.47 Å². The highest BCUT2D eigenvalue weighted by molar-refractivity contribution is 5.32. The number of benzene rings is 2. The van der Waals surface area contributed by atoms with Gasteiger partial charge in [0.25, 0.3) is 0 Å². The molecule has 0 atom stereocenters. The van der Waals surface area contributed by atoms with Gasteiger partial charge in [0.2, 0.25) is 0 Å². The molecule has 0 spiro atoms. The molecule has 2 aromatic carbocycles. The third-order valence-corrected chi connectivity index (χ3v) is 11.1. The summed E-state index contributed by atoms with van der Waals surface area (Å²) in [6.45, 7) is 2.22. The van der Waals surface area contributed by atoms with E-state index in [4.69, 9.17) is 4.74 Å². The van der Waals surface area contributed by atoms with Crippen LogP contribution in [0.2, 0.25) is 0 Å². The highest BCUT2D eigenvalue weighted by atomic mass is 19.3. The summed E-state index contributed by atoms with van der Waals surface area (Å²) in [4.78, 5) is 0. The zero-order chi connectivity index (χ0) is 33.8. The Morgan fingerprint density at radius 1 is 0.596 bits per heavy atom. The lowest BCUT2D eigenvalue weighted by atomic mass is 9.68. The summed E-state index contributed by atoms with van der Waals surface area (Å²) >= 11 is 0. The van der Waals surface area contributed by atoms with E-state index >= 15 is 13.2 Å². The lowest BCUT2D eigenvalue weighted by Gasteiger charge is -2.39. The first-order valence-corrected chi connectivity index (χ1v) is 17.4. The van der Waals surface area contributed by atoms with Crippen LogP contribution in [0.25, 0.3) is 0 Å². The molecule has 0 amide bonds. The van der Waals surface area contributed by atoms with Crippen LogP contribution in [0.4, 0.5) is 35.1 Å². The zero-order valence-electron chi connectivity index (χ0n) is 27.0. The second-order valence-corrected chi connectivity index (χ2v) is 14.1. The molecule has 0 aliphatic heterocycles. The largest absolute Gasteiger partial charge is 0.432 e. The van der Waals surface area contributed by atoms with Crippen LogP contribution in [0.15, 0.2) is 30.3 Å². The minimum atomic E-state index is -3.80. The Kier molecular flexibility index (Phi) is 11.7. The van der Waals surface area contributed by atoms with Crippen LogP contribution in [-0.2, 0) is 0 Å². The molecular formula is C37H46F8O2. The van der Waals surface area contributed by atoms with Gasteiger partial charge in [0, 0.05) is 18.2 Å². The molecule has 3 fully saturated rings. The van der Waals surface area contributed by atoms with E-state index in [2.05, 4.69) is 11.7 Å². The minimum absolute atomic E-state index is 0.0807. The summed E-state index contributed by atoms with van der Waals surface area (Å²) in [5.74, 6) is -7.70. The number of alkyl halides is 4. The number of halogens is 8. The van der Waals surface area contributed by atoms with Crippen molar-refractivity contribution in [2.75, 3.05) is 0 Å². The van der Waals surface area contributed by atoms with Crippen molar-refractivity contribution < 1.29 is 44.6 Å². The van der Waals surface area contributed by atoms with Crippen molar-refractivity contribution in [3.63, 3.8) is 0 Å². The Morgan fingerprint density at radius 2 is 1.09 bits per heavy atom. The topological polar surface area (TPSA) is 18.5 Å². The van der Waals surface area contributed by atoms with E-state index in [0.29, 0.717) is 36.8 Å². The van der Waals surface area contributed by atoms with Gasteiger partial charge in [-0.15, -0.1) is 0 Å². The fourth-order valence-electron chi connectivity index (χ4n) is 8.27. The zero-order valence-corrected chi connectivity index (χ0v) is 27.0. The van der Waals surface area contributed by atoms with Crippen LogP contribution in [0.1, 0.15) is 121 Å². The van der Waals surface area contributed by atoms with E-state index in [-0.39, 0.29) is 37.0 Å². The van der Waals surface area contributed by atoms with E-state index in [1.54, 1.807) is 0 Å². The average Bonchev–Trinajstić information content (AvgIpc) is 3.04. The molecule has 0 radical (unpaired) electrons. The Labute approximate surface area is 272 Å². The van der Waals surface area contributed by atoms with Gasteiger partial charge in [-0.1, -0.05) is 51.5 Å². The highest BCUT2D eigenvalue weighted by Crippen LogP contribution is 2.47. The molecule has 0 heterocycles. The van der Waals surface area contributed by atoms with Crippen LogP contribution >= 0.6 is 0 Å². The molecular weight excluding hydrogens is 628 g/mol. The molecule has 47 heavy (non-hydrogen) atoms. The summed E-state index contributed by atoms with van der Waals surface area (Å²) in [7, 11) is 0. The molecule has 0 saturated heterocycles. The maximum absolute atomic E-state index is 15.2. The third kappa shape index (κ3) is 8.94. The van der Waals surface area contributed by atoms with E-state index in [1.165, 1.54) is 63.5 Å². The van der Waals surface area contributed by atoms with Crippen molar-refractivity contribution in [3.8, 4) is 11.5 Å². The number of hydrogen-bond donors (Lipinski definition) is 0. The number of hydrogen-bond acceptors (Lipinski definition) is 2. The predicted molar refractivity (Wildman–Crippen MR) is 164 cm³/mol. The molecule has 10 heteroatoms. The first kappa shape index (κ1) is 35.8. The van der Waals surface area contributed by atoms with Crippen molar-refractivity contribution in [1.29, 1.82) is 0 Å². The van der Waals surface area contributed by atoms with Crippen molar-refractivity contribution >= 4 is 0 Å². The van der Waals surface area contributed by atoms with Gasteiger partial charge in [-0.2, -0.15) is 17.6 Å². The smallest absolute Gasteiger partial charge is 0.400 e. The first-order chi connectivity index (χ1) is 22.4. The Bertz CT molecular complexity index is 1290. The van der Waals surface area contributed by atoms with Crippen molar-refractivity contribution in [2.45, 2.75) is 128 Å². The lowest BCUT2D eigenvalue weighted by Crippen LogP contribution is -2.38. The van der Waals surface area contributed by atoms with Crippen molar-refractivity contribution in [1.82, 2.24) is 0 Å². The Morgan fingerprint density at radius 3 is 1.62 bits per heavy atom. The van der Waals surface area contributed by atoms with Crippen LogP contribution in [0.5, 0.6) is 11.5 Å². The van der Waals surface area contributed by atoms with Gasteiger partial charge >= 0.3 is 12.2 Å². The molecule has 5 rings (SSSR count). The molecule has 0 N–H and O–H groups in total. The first-order valence-electron chi connectivity index (χ1n) is 17.4. The van der Waals surface area contributed by atoms with E-state index in [0.717, 1.165) is 24.8 Å². The van der Waals surface area contributed by atoms with Gasteiger partial charge < -0.3 is 9.47 Å². The number of rotatable bonds is 12. The number of unbranched alkanes of at least 4 members (excludes halogenated alkanes) is 2. The Balaban J connectivity index is 1.09. The predicted octanol–water partition coefficient (Wildman–Crippen LogP) is 12.4. The normalized spacial score (nSPS) is 27.4. The summed E-state index contributed by atoms with van der Waals surface area (Å²) in [5.41, 5.74) is 0.228. The quantitative estimate of drug-likeness (QED) is 0.127. The van der Waals surface area contributed by atoms with Crippen LogP contribution in [-0.4, -0.2) is 12.2 Å². The van der Waals surface area contributed by atoms with Gasteiger partial charge in [0.05, 0.1) is 11.8 Å². The number of ether oxygens (including phenoxy) is 2. The summed E-state index contributed by atoms with van der Waals surface area (Å²) in [6.07, 6.45) is 5.20. The maximum atomic E-state index is 15.2. The van der Waals surface area contributed by atoms with Gasteiger partial charge in [-0.3, -0.25) is 0 Å². The van der Waals surface area contributed by atoms with Crippen LogP contribution in [0.3, 0.4) is 0 Å². The SMILES string of the molecule is CCCCCC1CCC(C2CCC(C(F)(F)Oc3ccc(C4CCC(C(F)(F)Oc5cc(F)c(F)c(F)c5)CC4)c(F)c3)CC2)CC1. The summed E-state index contributed by atoms with van der Waals surface area (Å²) < 4.78 is 125. The van der Waals surface area contributed by atoms with Crippen molar-refractivity contribution in [2.24, 2.45) is 29.6 Å².